The van der Waals surface area contributed by atoms with Crippen LogP contribution in [-0.2, 0) is 4.79 Å². The van der Waals surface area contributed by atoms with E-state index in [9.17, 15) is 4.79 Å². The number of benzene rings is 1. The van der Waals surface area contributed by atoms with Crippen LogP contribution >= 0.6 is 23.2 Å². The smallest absolute Gasteiger partial charge is 0.224 e. The van der Waals surface area contributed by atoms with Crippen molar-refractivity contribution in [3.63, 3.8) is 0 Å². The van der Waals surface area contributed by atoms with Crippen LogP contribution in [-0.4, -0.2) is 23.9 Å². The Bertz CT molecular complexity index is 416. The van der Waals surface area contributed by atoms with Gasteiger partial charge in [0.2, 0.25) is 5.91 Å². The first-order chi connectivity index (χ1) is 7.49. The van der Waals surface area contributed by atoms with Crippen LogP contribution in [0.4, 0.5) is 0 Å². The fraction of sp³-hybridized carbons (Fsp3) is 0.364. The normalized spacial score (nSPS) is 25.2. The predicted octanol–water partition coefficient (Wildman–Crippen LogP) is 2.22. The van der Waals surface area contributed by atoms with Gasteiger partial charge >= 0.3 is 0 Å². The fourth-order valence-corrected chi connectivity index (χ4v) is 2.66. The Balaban J connectivity index is 2.40. The summed E-state index contributed by atoms with van der Waals surface area (Å²) in [5.74, 6) is 0.0496. The van der Waals surface area contributed by atoms with Gasteiger partial charge in [0.15, 0.2) is 0 Å². The Morgan fingerprint density at radius 1 is 1.31 bits per heavy atom. The number of hydrogen-bond acceptors (Lipinski definition) is 2. The Hall–Kier alpha value is -0.770. The summed E-state index contributed by atoms with van der Waals surface area (Å²) in [5, 5.41) is 1.12. The lowest BCUT2D eigenvalue weighted by molar-refractivity contribution is -0.127. The van der Waals surface area contributed by atoms with E-state index >= 15 is 0 Å². The van der Waals surface area contributed by atoms with Crippen molar-refractivity contribution in [1.29, 1.82) is 0 Å². The molecule has 1 aliphatic heterocycles. The van der Waals surface area contributed by atoms with Crippen molar-refractivity contribution in [1.82, 2.24) is 4.90 Å². The molecule has 86 valence electrons. The summed E-state index contributed by atoms with van der Waals surface area (Å²) < 4.78 is 0. The quantitative estimate of drug-likeness (QED) is 0.840. The molecule has 3 nitrogen and oxygen atoms in total. The van der Waals surface area contributed by atoms with Crippen LogP contribution in [0.25, 0.3) is 0 Å². The molecule has 1 aliphatic rings. The zero-order chi connectivity index (χ0) is 11.9. The van der Waals surface area contributed by atoms with Crippen molar-refractivity contribution >= 4 is 29.1 Å². The number of rotatable bonds is 1. The highest BCUT2D eigenvalue weighted by Crippen LogP contribution is 2.33. The topological polar surface area (TPSA) is 46.3 Å². The number of carbonyl (C=O) groups excluding carboxylic acids is 1. The number of amides is 1. The lowest BCUT2D eigenvalue weighted by Crippen LogP contribution is -2.30. The third-order valence-corrected chi connectivity index (χ3v) is 3.29. The van der Waals surface area contributed by atoms with E-state index in [1.807, 2.05) is 0 Å². The van der Waals surface area contributed by atoms with Gasteiger partial charge in [-0.05, 0) is 23.8 Å². The second-order valence-corrected chi connectivity index (χ2v) is 4.89. The molecule has 16 heavy (non-hydrogen) atoms. The van der Waals surface area contributed by atoms with Gasteiger partial charge in [-0.3, -0.25) is 4.79 Å². The average molecular weight is 259 g/mol. The fourth-order valence-electron chi connectivity index (χ4n) is 2.12. The molecule has 2 N–H and O–H groups in total. The van der Waals surface area contributed by atoms with Crippen LogP contribution in [0.3, 0.4) is 0 Å². The Kier molecular flexibility index (Phi) is 3.10. The van der Waals surface area contributed by atoms with Crippen molar-refractivity contribution in [2.45, 2.75) is 18.5 Å². The SMILES string of the molecule is CN1C(=O)CC(N)C1c1cc(Cl)cc(Cl)c1. The van der Waals surface area contributed by atoms with Crippen LogP contribution in [0.15, 0.2) is 18.2 Å². The Morgan fingerprint density at radius 2 is 1.88 bits per heavy atom. The summed E-state index contributed by atoms with van der Waals surface area (Å²) in [6.07, 6.45) is 0.366. The maximum absolute atomic E-state index is 11.5. The first-order valence-corrected chi connectivity index (χ1v) is 5.72. The lowest BCUT2D eigenvalue weighted by atomic mass is 10.0. The number of hydrogen-bond donors (Lipinski definition) is 1. The molecule has 1 aromatic rings. The van der Waals surface area contributed by atoms with Crippen molar-refractivity contribution < 1.29 is 4.79 Å². The maximum atomic E-state index is 11.5. The standard InChI is InChI=1S/C11H12Cl2N2O/c1-15-10(16)5-9(14)11(15)6-2-7(12)4-8(13)3-6/h2-4,9,11H,5,14H2,1H3. The maximum Gasteiger partial charge on any atom is 0.224 e. The van der Waals surface area contributed by atoms with Gasteiger partial charge < -0.3 is 10.6 Å². The molecule has 2 rings (SSSR count). The van der Waals surface area contributed by atoms with Gasteiger partial charge in [-0.15, -0.1) is 0 Å². The van der Waals surface area contributed by atoms with E-state index in [0.717, 1.165) is 5.56 Å². The molecule has 2 unspecified atom stereocenters. The van der Waals surface area contributed by atoms with E-state index in [-0.39, 0.29) is 18.0 Å². The Morgan fingerprint density at radius 3 is 2.31 bits per heavy atom. The molecule has 1 heterocycles. The third kappa shape index (κ3) is 2.03. The molecule has 0 aromatic heterocycles. The van der Waals surface area contributed by atoms with Crippen LogP contribution in [0, 0.1) is 0 Å². The van der Waals surface area contributed by atoms with Crippen LogP contribution in [0.1, 0.15) is 18.0 Å². The number of halogens is 2. The minimum Gasteiger partial charge on any atom is -0.337 e. The van der Waals surface area contributed by atoms with Crippen molar-refractivity contribution in [2.24, 2.45) is 5.73 Å². The summed E-state index contributed by atoms with van der Waals surface area (Å²) in [7, 11) is 1.74. The number of nitrogens with two attached hydrogens (primary N) is 1. The van der Waals surface area contributed by atoms with Crippen LogP contribution in [0.5, 0.6) is 0 Å². The van der Waals surface area contributed by atoms with E-state index in [0.29, 0.717) is 16.5 Å². The van der Waals surface area contributed by atoms with Gasteiger partial charge in [0.25, 0.3) is 0 Å². The monoisotopic (exact) mass is 258 g/mol. The van der Waals surface area contributed by atoms with Gasteiger partial charge in [0, 0.05) is 29.6 Å². The summed E-state index contributed by atoms with van der Waals surface area (Å²) >= 11 is 11.9. The van der Waals surface area contributed by atoms with E-state index in [2.05, 4.69) is 0 Å². The number of likely N-dealkylation sites (tertiary alicyclic amines) is 1. The molecule has 2 atom stereocenters. The zero-order valence-corrected chi connectivity index (χ0v) is 10.3. The zero-order valence-electron chi connectivity index (χ0n) is 8.78. The van der Waals surface area contributed by atoms with Gasteiger partial charge in [0.1, 0.15) is 0 Å². The first kappa shape index (κ1) is 11.7. The second-order valence-electron chi connectivity index (χ2n) is 4.02. The van der Waals surface area contributed by atoms with Crippen LogP contribution in [0.2, 0.25) is 10.0 Å². The van der Waals surface area contributed by atoms with Crippen LogP contribution < -0.4 is 5.73 Å². The van der Waals surface area contributed by atoms with E-state index in [4.69, 9.17) is 28.9 Å². The van der Waals surface area contributed by atoms with Crippen molar-refractivity contribution in [2.75, 3.05) is 7.05 Å². The second kappa shape index (κ2) is 4.24. The molecule has 0 saturated carbocycles. The summed E-state index contributed by atoms with van der Waals surface area (Å²) in [6.45, 7) is 0. The van der Waals surface area contributed by atoms with E-state index in [1.165, 1.54) is 0 Å². The number of nitrogens with zero attached hydrogens (tertiary/aromatic N) is 1. The largest absolute Gasteiger partial charge is 0.337 e. The molecule has 0 spiro atoms. The Labute approximate surface area is 104 Å². The van der Waals surface area contributed by atoms with Crippen molar-refractivity contribution in [3.8, 4) is 0 Å². The van der Waals surface area contributed by atoms with E-state index in [1.54, 1.807) is 30.1 Å². The summed E-state index contributed by atoms with van der Waals surface area (Å²) in [4.78, 5) is 13.2. The number of likely N-dealkylation sites (N-methyl/N-ethyl adjacent to an activating group) is 1. The summed E-state index contributed by atoms with van der Waals surface area (Å²) in [5.41, 5.74) is 6.83. The molecular formula is C11H12Cl2N2O. The average Bonchev–Trinajstić information content (AvgIpc) is 2.39. The van der Waals surface area contributed by atoms with E-state index < -0.39 is 0 Å². The minimum absolute atomic E-state index is 0.0496. The molecule has 0 aliphatic carbocycles. The molecule has 0 bridgehead atoms. The van der Waals surface area contributed by atoms with Gasteiger partial charge in [-0.2, -0.15) is 0 Å². The molecule has 1 aromatic carbocycles. The highest BCUT2D eigenvalue weighted by atomic mass is 35.5. The lowest BCUT2D eigenvalue weighted by Gasteiger charge is -2.23. The third-order valence-electron chi connectivity index (χ3n) is 2.85. The van der Waals surface area contributed by atoms with Gasteiger partial charge in [0.05, 0.1) is 6.04 Å². The van der Waals surface area contributed by atoms with Crippen molar-refractivity contribution in [3.05, 3.63) is 33.8 Å². The van der Waals surface area contributed by atoms with Gasteiger partial charge in [-0.1, -0.05) is 23.2 Å². The first-order valence-electron chi connectivity index (χ1n) is 4.96. The van der Waals surface area contributed by atoms with Gasteiger partial charge in [-0.25, -0.2) is 0 Å². The molecule has 1 fully saturated rings. The molecule has 5 heteroatoms. The molecule has 1 amide bonds. The minimum atomic E-state index is -0.202. The molecule has 0 radical (unpaired) electrons. The molecule has 1 saturated heterocycles. The predicted molar refractivity (Wildman–Crippen MR) is 64.6 cm³/mol. The highest BCUT2D eigenvalue weighted by molar-refractivity contribution is 6.34. The molecular weight excluding hydrogens is 247 g/mol. The number of carbonyl (C=O) groups is 1. The highest BCUT2D eigenvalue weighted by Gasteiger charge is 2.36. The summed E-state index contributed by atoms with van der Waals surface area (Å²) in [6, 6.07) is 4.92.